The molecule has 0 bridgehead atoms. The first-order valence-electron chi connectivity index (χ1n) is 26.0. The Kier molecular flexibility index (Phi) is 17.1. The van der Waals surface area contributed by atoms with Gasteiger partial charge in [0.1, 0.15) is 130 Å². The van der Waals surface area contributed by atoms with Gasteiger partial charge in [-0.05, 0) is 50.2 Å². The number of phenols is 6. The first-order valence-corrected chi connectivity index (χ1v) is 26.0. The van der Waals surface area contributed by atoms with Gasteiger partial charge in [0.05, 0.1) is 25.4 Å². The molecule has 6 aromatic rings. The van der Waals surface area contributed by atoms with E-state index < -0.39 is 238 Å². The summed E-state index contributed by atoms with van der Waals surface area (Å²) in [6, 6.07) is 9.78. The Morgan fingerprint density at radius 1 is 0.400 bits per heavy atom. The van der Waals surface area contributed by atoms with Crippen molar-refractivity contribution < 1.29 is 143 Å². The number of hydrogen-bond acceptors (Lipinski definition) is 31. The van der Waals surface area contributed by atoms with E-state index in [-0.39, 0.29) is 11.1 Å². The van der Waals surface area contributed by atoms with Crippen molar-refractivity contribution in [2.75, 3.05) is 13.2 Å². The van der Waals surface area contributed by atoms with E-state index in [1.807, 2.05) is 0 Å². The third-order valence-corrected chi connectivity index (χ3v) is 14.8. The predicted molar refractivity (Wildman–Crippen MR) is 277 cm³/mol. The number of phenolic OH excluding ortho intramolecular Hbond substituents is 6. The van der Waals surface area contributed by atoms with Gasteiger partial charge in [-0.2, -0.15) is 0 Å². The van der Waals surface area contributed by atoms with Crippen LogP contribution in [0.3, 0.4) is 0 Å². The van der Waals surface area contributed by atoms with Crippen LogP contribution < -0.4 is 25.1 Å². The number of rotatable bonds is 14. The Morgan fingerprint density at radius 2 is 0.753 bits per heavy atom. The number of fused-ring (bicyclic) bond motifs is 2. The average Bonchev–Trinajstić information content (AvgIpc) is 1.28. The minimum Gasteiger partial charge on any atom is -0.508 e. The molecule has 20 atom stereocenters. The molecule has 4 aromatic carbocycles. The van der Waals surface area contributed by atoms with Gasteiger partial charge in [-0.25, -0.2) is 0 Å². The van der Waals surface area contributed by atoms with Crippen molar-refractivity contribution in [2.45, 2.75) is 137 Å². The Balaban J connectivity index is 0.976. The van der Waals surface area contributed by atoms with Crippen LogP contribution in [0.4, 0.5) is 0 Å². The van der Waals surface area contributed by atoms with Crippen LogP contribution >= 0.6 is 0 Å². The zero-order valence-corrected chi connectivity index (χ0v) is 44.1. The number of aliphatic hydroxyl groups is 12. The molecule has 0 aliphatic carbocycles. The molecule has 10 rings (SSSR count). The van der Waals surface area contributed by atoms with Crippen molar-refractivity contribution >= 4 is 21.9 Å². The van der Waals surface area contributed by atoms with Crippen LogP contribution in [0.25, 0.3) is 44.6 Å². The summed E-state index contributed by atoms with van der Waals surface area (Å²) in [5, 5.41) is 192. The first kappa shape index (κ1) is 60.9. The smallest absolute Gasteiger partial charge is 0.239 e. The quantitative estimate of drug-likeness (QED) is 0.0528. The maximum Gasteiger partial charge on any atom is 0.239 e. The van der Waals surface area contributed by atoms with Crippen molar-refractivity contribution in [1.82, 2.24) is 0 Å². The van der Waals surface area contributed by atoms with Crippen molar-refractivity contribution in [2.24, 2.45) is 0 Å². The number of hydrogen-bond donors (Lipinski definition) is 18. The third-order valence-electron chi connectivity index (χ3n) is 14.8. The highest BCUT2D eigenvalue weighted by molar-refractivity contribution is 5.89. The van der Waals surface area contributed by atoms with Crippen molar-refractivity contribution in [3.63, 3.8) is 0 Å². The highest BCUT2D eigenvalue weighted by Crippen LogP contribution is 2.45. The Labute approximate surface area is 475 Å². The molecule has 0 spiro atoms. The van der Waals surface area contributed by atoms with Gasteiger partial charge in [-0.3, -0.25) is 9.59 Å². The summed E-state index contributed by atoms with van der Waals surface area (Å²) in [6.07, 6.45) is -35.2. The fourth-order valence-corrected chi connectivity index (χ4v) is 9.94. The average molecular weight is 1200 g/mol. The first-order chi connectivity index (χ1) is 40.2. The number of ether oxygens (including phenoxy) is 9. The number of aliphatic hydroxyl groups excluding tert-OH is 12. The normalized spacial score (nSPS) is 33.4. The molecule has 4 fully saturated rings. The lowest BCUT2D eigenvalue weighted by atomic mass is 9.98. The molecule has 18 N–H and O–H groups in total. The van der Waals surface area contributed by atoms with Gasteiger partial charge in [0.2, 0.25) is 34.9 Å². The van der Waals surface area contributed by atoms with Crippen LogP contribution in [-0.4, -0.2) is 228 Å². The fraction of sp³-hybridized carbons (Fsp3) is 0.444. The van der Waals surface area contributed by atoms with Crippen LogP contribution in [0.2, 0.25) is 0 Å². The van der Waals surface area contributed by atoms with Crippen LogP contribution in [0, 0.1) is 0 Å². The molecule has 85 heavy (non-hydrogen) atoms. The van der Waals surface area contributed by atoms with Crippen LogP contribution in [-0.2, 0) is 28.4 Å². The van der Waals surface area contributed by atoms with Gasteiger partial charge < -0.3 is 143 Å². The second-order valence-electron chi connectivity index (χ2n) is 20.6. The molecule has 2 aromatic heterocycles. The monoisotopic (exact) mass is 1200 g/mol. The molecular weight excluding hydrogens is 1140 g/mol. The van der Waals surface area contributed by atoms with E-state index in [9.17, 15) is 102 Å². The summed E-state index contributed by atoms with van der Waals surface area (Å²) < 4.78 is 63.3. The summed E-state index contributed by atoms with van der Waals surface area (Å²) in [7, 11) is 0. The minimum absolute atomic E-state index is 0.240. The molecule has 4 aliphatic heterocycles. The van der Waals surface area contributed by atoms with E-state index in [0.717, 1.165) is 60.7 Å². The minimum atomic E-state index is -2.16. The lowest BCUT2D eigenvalue weighted by molar-refractivity contribution is -0.318. The van der Waals surface area contributed by atoms with E-state index in [1.165, 1.54) is 13.8 Å². The summed E-state index contributed by atoms with van der Waals surface area (Å²) >= 11 is 0. The van der Waals surface area contributed by atoms with Crippen molar-refractivity contribution in [3.05, 3.63) is 81.1 Å². The highest BCUT2D eigenvalue weighted by atomic mass is 16.7. The molecule has 460 valence electrons. The topological polar surface area (TPSA) is 508 Å². The number of aromatic hydroxyl groups is 6. The van der Waals surface area contributed by atoms with E-state index in [1.54, 1.807) is 0 Å². The van der Waals surface area contributed by atoms with E-state index in [0.29, 0.717) is 0 Å². The van der Waals surface area contributed by atoms with E-state index in [2.05, 4.69) is 0 Å². The zero-order valence-electron chi connectivity index (χ0n) is 44.1. The predicted octanol–water partition coefficient (Wildman–Crippen LogP) is -2.68. The standard InChI is InChI=1S/C54H58O31/c1-15-33(61)39(67)43(71)51(77-15)75-13-29-35(63)41(69)45(73)53(82-29)84-49-37(65)31-23(59)9-19(55)11-27(31)80-47(49)17-3-5-21(57)25(7-17)79-26-8-18(4-6-22(26)58)48-50(38(66)32-24(60)10-20(56)12-28(32)81-48)85-54-46(74)42(70)36(64)30(83-54)14-76-52-44(72)40(68)34(62)16(2)78-52/h3-12,15-16,29-30,33-36,39-46,51-64,67-74H,13-14H2,1-2H3. The lowest BCUT2D eigenvalue weighted by Gasteiger charge is -2.42. The number of benzene rings is 4. The second kappa shape index (κ2) is 23.9. The fourth-order valence-electron chi connectivity index (χ4n) is 9.94. The van der Waals surface area contributed by atoms with Gasteiger partial charge in [-0.15, -0.1) is 0 Å². The van der Waals surface area contributed by atoms with Crippen LogP contribution in [0.1, 0.15) is 13.8 Å². The largest absolute Gasteiger partial charge is 0.508 e. The van der Waals surface area contributed by atoms with Gasteiger partial charge in [-0.1, -0.05) is 0 Å². The third kappa shape index (κ3) is 11.6. The molecule has 31 heteroatoms. The van der Waals surface area contributed by atoms with Gasteiger partial charge in [0.25, 0.3) is 0 Å². The molecule has 6 heterocycles. The molecule has 0 radical (unpaired) electrons. The van der Waals surface area contributed by atoms with Gasteiger partial charge in [0.15, 0.2) is 47.1 Å². The molecule has 20 unspecified atom stereocenters. The second-order valence-corrected chi connectivity index (χ2v) is 20.6. The Bertz CT molecular complexity index is 3330. The Morgan fingerprint density at radius 3 is 1.13 bits per heavy atom. The van der Waals surface area contributed by atoms with E-state index >= 15 is 0 Å². The van der Waals surface area contributed by atoms with Gasteiger partial charge in [0, 0.05) is 35.4 Å². The SMILES string of the molecule is CC1OC(OCC2OC(Oc3c(-c4ccc(O)c(Oc5cc(-c6oc7cc(O)cc(O)c7c(=O)c6OC6OC(COC7OC(C)C(O)C(O)C7O)C(O)C(O)C6O)ccc5O)c4)oc4cc(O)cc(O)c4c3=O)C(O)C(O)C2O)C(O)C(O)C1O. The molecule has 4 aliphatic rings. The summed E-state index contributed by atoms with van der Waals surface area (Å²) in [5.41, 5.74) is -3.79. The summed E-state index contributed by atoms with van der Waals surface area (Å²) in [5.74, 6) is -8.25. The maximum absolute atomic E-state index is 14.4. The molecular formula is C54H58O31. The lowest BCUT2D eigenvalue weighted by Crippen LogP contribution is -2.61. The maximum atomic E-state index is 14.4. The highest BCUT2D eigenvalue weighted by Gasteiger charge is 2.50. The van der Waals surface area contributed by atoms with Crippen molar-refractivity contribution in [1.29, 1.82) is 0 Å². The van der Waals surface area contributed by atoms with Gasteiger partial charge >= 0.3 is 0 Å². The molecule has 4 saturated heterocycles. The van der Waals surface area contributed by atoms with Crippen LogP contribution in [0.15, 0.2) is 79.1 Å². The zero-order chi connectivity index (χ0) is 61.4. The molecule has 0 amide bonds. The summed E-state index contributed by atoms with van der Waals surface area (Å²) in [6.45, 7) is 1.27. The van der Waals surface area contributed by atoms with Crippen molar-refractivity contribution in [3.8, 4) is 80.1 Å². The molecule has 31 nitrogen and oxygen atoms in total. The van der Waals surface area contributed by atoms with Crippen LogP contribution in [0.5, 0.6) is 57.5 Å². The van der Waals surface area contributed by atoms with E-state index in [4.69, 9.17) is 51.5 Å². The Hall–Kier alpha value is -7.22. The summed E-state index contributed by atoms with van der Waals surface area (Å²) in [4.78, 5) is 28.8. The molecule has 0 saturated carbocycles.